The van der Waals surface area contributed by atoms with Crippen molar-refractivity contribution in [1.82, 2.24) is 15.1 Å². The van der Waals surface area contributed by atoms with Gasteiger partial charge in [-0.15, -0.1) is 0 Å². The molecule has 1 aromatic heterocycles. The maximum atomic E-state index is 11.7. The largest absolute Gasteiger partial charge is 0.312 e. The first kappa shape index (κ1) is 10.1. The summed E-state index contributed by atoms with van der Waals surface area (Å²) in [7, 11) is 0. The van der Waals surface area contributed by atoms with E-state index in [0.29, 0.717) is 12.0 Å². The fraction of sp³-hybridized carbons (Fsp3) is 0.750. The molecular formula is C12H19N3O. The Morgan fingerprint density at radius 1 is 1.31 bits per heavy atom. The number of nitrogens with zero attached hydrogens (tertiary/aromatic N) is 1. The molecule has 2 fully saturated rings. The highest BCUT2D eigenvalue weighted by molar-refractivity contribution is 5.12. The minimum absolute atomic E-state index is 0.134. The van der Waals surface area contributed by atoms with Gasteiger partial charge in [-0.25, -0.2) is 0 Å². The summed E-state index contributed by atoms with van der Waals surface area (Å²) < 4.78 is 1.77. The second-order valence-corrected chi connectivity index (χ2v) is 5.08. The van der Waals surface area contributed by atoms with Crippen molar-refractivity contribution < 1.29 is 0 Å². The summed E-state index contributed by atoms with van der Waals surface area (Å²) in [6.07, 6.45) is 6.21. The third kappa shape index (κ3) is 2.07. The van der Waals surface area contributed by atoms with Crippen LogP contribution in [0.5, 0.6) is 0 Å². The first-order chi connectivity index (χ1) is 7.83. The summed E-state index contributed by atoms with van der Waals surface area (Å²) >= 11 is 0. The van der Waals surface area contributed by atoms with Crippen molar-refractivity contribution in [2.24, 2.45) is 0 Å². The number of aromatic amines is 1. The molecule has 16 heavy (non-hydrogen) atoms. The molecule has 1 unspecified atom stereocenters. The Hall–Kier alpha value is -1.03. The van der Waals surface area contributed by atoms with Gasteiger partial charge in [0.25, 0.3) is 5.56 Å². The van der Waals surface area contributed by atoms with E-state index in [0.717, 1.165) is 18.8 Å². The molecule has 1 aliphatic heterocycles. The van der Waals surface area contributed by atoms with Crippen LogP contribution >= 0.6 is 0 Å². The number of rotatable bonds is 3. The fourth-order valence-corrected chi connectivity index (χ4v) is 2.49. The molecule has 1 atom stereocenters. The highest BCUT2D eigenvalue weighted by atomic mass is 16.1. The Balaban J connectivity index is 1.70. The van der Waals surface area contributed by atoms with Gasteiger partial charge in [-0.2, -0.15) is 0 Å². The Labute approximate surface area is 95.0 Å². The van der Waals surface area contributed by atoms with Crippen molar-refractivity contribution in [3.63, 3.8) is 0 Å². The molecule has 0 radical (unpaired) electrons. The average Bonchev–Trinajstić information content (AvgIpc) is 3.07. The molecule has 1 aromatic rings. The van der Waals surface area contributed by atoms with Crippen molar-refractivity contribution >= 4 is 0 Å². The quantitative estimate of drug-likeness (QED) is 0.805. The molecule has 0 bridgehead atoms. The van der Waals surface area contributed by atoms with E-state index < -0.39 is 0 Å². The Kier molecular flexibility index (Phi) is 2.59. The van der Waals surface area contributed by atoms with Crippen molar-refractivity contribution in [2.45, 2.75) is 50.6 Å². The molecule has 0 amide bonds. The van der Waals surface area contributed by atoms with Gasteiger partial charge in [-0.3, -0.25) is 14.6 Å². The average molecular weight is 221 g/mol. The number of hydrogen-bond acceptors (Lipinski definition) is 2. The number of H-pyrrole nitrogens is 1. The molecule has 1 aliphatic carbocycles. The van der Waals surface area contributed by atoms with Crippen molar-refractivity contribution in [3.8, 4) is 0 Å². The molecule has 0 aromatic carbocycles. The second-order valence-electron chi connectivity index (χ2n) is 5.08. The van der Waals surface area contributed by atoms with Crippen LogP contribution < -0.4 is 10.9 Å². The van der Waals surface area contributed by atoms with E-state index in [2.05, 4.69) is 10.4 Å². The van der Waals surface area contributed by atoms with E-state index in [4.69, 9.17) is 0 Å². The molecular weight excluding hydrogens is 202 g/mol. The summed E-state index contributed by atoms with van der Waals surface area (Å²) in [5, 5.41) is 6.72. The summed E-state index contributed by atoms with van der Waals surface area (Å²) in [4.78, 5) is 11.7. The number of aromatic nitrogens is 2. The van der Waals surface area contributed by atoms with E-state index in [1.54, 1.807) is 10.7 Å². The first-order valence-corrected chi connectivity index (χ1v) is 6.36. The molecule has 2 N–H and O–H groups in total. The molecule has 2 heterocycles. The lowest BCUT2D eigenvalue weighted by Crippen LogP contribution is -2.39. The summed E-state index contributed by atoms with van der Waals surface area (Å²) in [5.41, 5.74) is 1.27. The topological polar surface area (TPSA) is 49.8 Å². The van der Waals surface area contributed by atoms with E-state index >= 15 is 0 Å². The van der Waals surface area contributed by atoms with Gasteiger partial charge in [0.1, 0.15) is 0 Å². The van der Waals surface area contributed by atoms with Crippen LogP contribution in [0.1, 0.15) is 43.7 Å². The van der Waals surface area contributed by atoms with Crippen LogP contribution in [0, 0.1) is 0 Å². The Morgan fingerprint density at radius 3 is 2.88 bits per heavy atom. The van der Waals surface area contributed by atoms with Gasteiger partial charge < -0.3 is 5.32 Å². The highest BCUT2D eigenvalue weighted by Crippen LogP contribution is 2.38. The normalized spacial score (nSPS) is 25.9. The van der Waals surface area contributed by atoms with Crippen LogP contribution in [0.2, 0.25) is 0 Å². The number of nitrogens with one attached hydrogen (secondary N) is 2. The van der Waals surface area contributed by atoms with Gasteiger partial charge in [0.2, 0.25) is 0 Å². The summed E-state index contributed by atoms with van der Waals surface area (Å²) in [5.74, 6) is 0.633. The standard InChI is InChI=1S/C12H19N3O/c16-12-7-11(9-4-5-9)14-15(12)8-10-3-1-2-6-13-10/h7,9-10,13-14H,1-6,8H2. The van der Waals surface area contributed by atoms with E-state index in [1.807, 2.05) is 0 Å². The fourth-order valence-electron chi connectivity index (χ4n) is 2.49. The SMILES string of the molecule is O=c1cc(C2CC2)[nH]n1CC1CCCCN1. The van der Waals surface area contributed by atoms with Crippen LogP contribution in [0.4, 0.5) is 0 Å². The van der Waals surface area contributed by atoms with Crippen molar-refractivity contribution in [3.05, 3.63) is 22.1 Å². The van der Waals surface area contributed by atoms with Gasteiger partial charge in [0.05, 0.1) is 6.54 Å². The van der Waals surface area contributed by atoms with Crippen LogP contribution in [-0.2, 0) is 6.54 Å². The molecule has 1 saturated heterocycles. The predicted octanol–water partition coefficient (Wildman–Crippen LogP) is 1.20. The molecule has 3 rings (SSSR count). The molecule has 1 saturated carbocycles. The van der Waals surface area contributed by atoms with Gasteiger partial charge in [-0.1, -0.05) is 6.42 Å². The van der Waals surface area contributed by atoms with Gasteiger partial charge in [-0.05, 0) is 32.2 Å². The zero-order chi connectivity index (χ0) is 11.0. The Morgan fingerprint density at radius 2 is 2.19 bits per heavy atom. The lowest BCUT2D eigenvalue weighted by atomic mass is 10.1. The van der Waals surface area contributed by atoms with Crippen LogP contribution in [0.15, 0.2) is 10.9 Å². The maximum absolute atomic E-state index is 11.7. The molecule has 0 spiro atoms. The van der Waals surface area contributed by atoms with Gasteiger partial charge >= 0.3 is 0 Å². The maximum Gasteiger partial charge on any atom is 0.266 e. The number of hydrogen-bond donors (Lipinski definition) is 2. The van der Waals surface area contributed by atoms with Gasteiger partial charge in [0.15, 0.2) is 0 Å². The highest BCUT2D eigenvalue weighted by Gasteiger charge is 2.26. The van der Waals surface area contributed by atoms with E-state index in [1.165, 1.54) is 32.1 Å². The second kappa shape index (κ2) is 4.09. The smallest absolute Gasteiger partial charge is 0.266 e. The Bertz CT molecular complexity index is 410. The van der Waals surface area contributed by atoms with E-state index in [9.17, 15) is 4.79 Å². The van der Waals surface area contributed by atoms with Crippen molar-refractivity contribution in [1.29, 1.82) is 0 Å². The third-order valence-corrected chi connectivity index (χ3v) is 3.64. The monoisotopic (exact) mass is 221 g/mol. The zero-order valence-corrected chi connectivity index (χ0v) is 9.54. The number of piperidine rings is 1. The van der Waals surface area contributed by atoms with E-state index in [-0.39, 0.29) is 5.56 Å². The minimum Gasteiger partial charge on any atom is -0.312 e. The molecule has 2 aliphatic rings. The zero-order valence-electron chi connectivity index (χ0n) is 9.54. The van der Waals surface area contributed by atoms with Gasteiger partial charge in [0, 0.05) is 23.7 Å². The molecule has 4 heteroatoms. The van der Waals surface area contributed by atoms with Crippen LogP contribution in [0.25, 0.3) is 0 Å². The molecule has 88 valence electrons. The first-order valence-electron chi connectivity index (χ1n) is 6.36. The van der Waals surface area contributed by atoms with Crippen molar-refractivity contribution in [2.75, 3.05) is 6.54 Å². The van der Waals surface area contributed by atoms with Crippen LogP contribution in [0.3, 0.4) is 0 Å². The summed E-state index contributed by atoms with van der Waals surface area (Å²) in [6.45, 7) is 1.89. The lowest BCUT2D eigenvalue weighted by Gasteiger charge is -2.23. The molecule has 4 nitrogen and oxygen atoms in total. The predicted molar refractivity (Wildman–Crippen MR) is 62.7 cm³/mol. The third-order valence-electron chi connectivity index (χ3n) is 3.64. The van der Waals surface area contributed by atoms with Crippen LogP contribution in [-0.4, -0.2) is 22.4 Å². The lowest BCUT2D eigenvalue weighted by molar-refractivity contribution is 0.347. The minimum atomic E-state index is 0.134. The summed E-state index contributed by atoms with van der Waals surface area (Å²) in [6, 6.07) is 2.25.